The molecule has 1 aromatic carbocycles. The molecule has 8 nitrogen and oxygen atoms in total. The lowest BCUT2D eigenvalue weighted by molar-refractivity contribution is 0.0526. The van der Waals surface area contributed by atoms with Gasteiger partial charge in [0.1, 0.15) is 5.00 Å². The van der Waals surface area contributed by atoms with Crippen LogP contribution in [0.2, 0.25) is 0 Å². The number of carbonyl (C=O) groups is 2. The van der Waals surface area contributed by atoms with E-state index in [9.17, 15) is 18.0 Å². The normalized spacial score (nSPS) is 17.5. The summed E-state index contributed by atoms with van der Waals surface area (Å²) in [6.07, 6.45) is 3.49. The maximum Gasteiger partial charge on any atom is 0.341 e. The third-order valence-electron chi connectivity index (χ3n) is 6.88. The summed E-state index contributed by atoms with van der Waals surface area (Å²) in [7, 11) is -3.59. The lowest BCUT2D eigenvalue weighted by Gasteiger charge is -2.29. The zero-order valence-corrected chi connectivity index (χ0v) is 22.8. The van der Waals surface area contributed by atoms with E-state index in [1.807, 2.05) is 0 Å². The number of sulfonamides is 1. The summed E-state index contributed by atoms with van der Waals surface area (Å²) in [5.41, 5.74) is 1.73. The quantitative estimate of drug-likeness (QED) is 0.507. The number of fused-ring (bicyclic) bond motifs is 1. The number of amides is 1. The highest BCUT2D eigenvalue weighted by Crippen LogP contribution is 2.38. The number of ether oxygens (including phenoxy) is 1. The number of benzene rings is 1. The van der Waals surface area contributed by atoms with Gasteiger partial charge in [-0.25, -0.2) is 13.2 Å². The lowest BCUT2D eigenvalue weighted by Crippen LogP contribution is -2.37. The summed E-state index contributed by atoms with van der Waals surface area (Å²) in [4.78, 5) is 29.5. The minimum absolute atomic E-state index is 0.184. The molecule has 0 bridgehead atoms. The highest BCUT2D eigenvalue weighted by atomic mass is 32.2. The SMILES string of the molecule is CCCN1CCc2c(sc(NC(=O)c3ccc(S(=O)(=O)N4CCC(C)CC4)cc3)c2C(=O)OCC)C1. The Kier molecular flexibility index (Phi) is 8.49. The van der Waals surface area contributed by atoms with Crippen molar-refractivity contribution < 1.29 is 22.7 Å². The first-order valence-corrected chi connectivity index (χ1v) is 15.0. The van der Waals surface area contributed by atoms with Gasteiger partial charge in [0, 0.05) is 36.6 Å². The molecule has 1 fully saturated rings. The predicted molar refractivity (Wildman–Crippen MR) is 141 cm³/mol. The van der Waals surface area contributed by atoms with Crippen molar-refractivity contribution in [1.82, 2.24) is 9.21 Å². The van der Waals surface area contributed by atoms with Gasteiger partial charge < -0.3 is 10.1 Å². The molecule has 0 spiro atoms. The number of hydrogen-bond acceptors (Lipinski definition) is 7. The molecule has 0 aliphatic carbocycles. The van der Waals surface area contributed by atoms with Crippen LogP contribution in [0.3, 0.4) is 0 Å². The second-order valence-electron chi connectivity index (χ2n) is 9.52. The van der Waals surface area contributed by atoms with Crippen molar-refractivity contribution >= 4 is 38.2 Å². The monoisotopic (exact) mass is 533 g/mol. The van der Waals surface area contributed by atoms with Crippen molar-refractivity contribution in [2.75, 3.05) is 38.1 Å². The molecule has 1 amide bonds. The molecule has 0 radical (unpaired) electrons. The molecular formula is C26H35N3O5S2. The Balaban J connectivity index is 1.53. The Morgan fingerprint density at radius 1 is 1.11 bits per heavy atom. The van der Waals surface area contributed by atoms with E-state index < -0.39 is 16.0 Å². The van der Waals surface area contributed by atoms with Crippen LogP contribution >= 0.6 is 11.3 Å². The molecule has 1 saturated heterocycles. The number of hydrogen-bond donors (Lipinski definition) is 1. The molecule has 2 aromatic rings. The number of thiophene rings is 1. The van der Waals surface area contributed by atoms with Crippen LogP contribution in [0, 0.1) is 5.92 Å². The smallest absolute Gasteiger partial charge is 0.341 e. The summed E-state index contributed by atoms with van der Waals surface area (Å²) in [5.74, 6) is -0.286. The average Bonchev–Trinajstić information content (AvgIpc) is 3.21. The second-order valence-corrected chi connectivity index (χ2v) is 12.6. The van der Waals surface area contributed by atoms with Crippen molar-refractivity contribution in [3.63, 3.8) is 0 Å². The Labute approximate surface area is 217 Å². The predicted octanol–water partition coefficient (Wildman–Crippen LogP) is 4.37. The van der Waals surface area contributed by atoms with Crippen LogP contribution in [-0.4, -0.2) is 62.3 Å². The van der Waals surface area contributed by atoms with Gasteiger partial charge in [-0.1, -0.05) is 13.8 Å². The Morgan fingerprint density at radius 2 is 1.81 bits per heavy atom. The summed E-state index contributed by atoms with van der Waals surface area (Å²) >= 11 is 1.42. The number of rotatable bonds is 8. The van der Waals surface area contributed by atoms with E-state index in [0.29, 0.717) is 35.1 Å². The molecule has 1 N–H and O–H groups in total. The Bertz CT molecular complexity index is 1200. The third kappa shape index (κ3) is 5.66. The standard InChI is InChI=1S/C26H35N3O5S2/c1-4-13-28-14-12-21-22(17-28)35-25(23(21)26(31)34-5-2)27-24(30)19-6-8-20(9-7-19)36(32,33)29-15-10-18(3)11-16-29/h6-9,18H,4-5,10-17H2,1-3H3,(H,27,30). The molecular weight excluding hydrogens is 498 g/mol. The van der Waals surface area contributed by atoms with Crippen molar-refractivity contribution in [3.8, 4) is 0 Å². The number of esters is 1. The lowest BCUT2D eigenvalue weighted by atomic mass is 10.0. The topological polar surface area (TPSA) is 96.0 Å². The van der Waals surface area contributed by atoms with Gasteiger partial charge in [-0.3, -0.25) is 9.69 Å². The van der Waals surface area contributed by atoms with Crippen LogP contribution in [0.25, 0.3) is 0 Å². The molecule has 2 aliphatic heterocycles. The molecule has 196 valence electrons. The summed E-state index contributed by atoms with van der Waals surface area (Å²) in [6.45, 7) is 9.92. The number of anilines is 1. The van der Waals surface area contributed by atoms with Crippen LogP contribution in [0.1, 0.15) is 71.2 Å². The number of nitrogens with one attached hydrogen (secondary N) is 1. The molecule has 0 saturated carbocycles. The van der Waals surface area contributed by atoms with E-state index in [1.165, 1.54) is 39.9 Å². The first-order valence-electron chi connectivity index (χ1n) is 12.7. The average molecular weight is 534 g/mol. The molecule has 1 aromatic heterocycles. The summed E-state index contributed by atoms with van der Waals surface area (Å²) in [6, 6.07) is 6.01. The summed E-state index contributed by atoms with van der Waals surface area (Å²) in [5, 5.41) is 3.38. The second kappa shape index (κ2) is 11.4. The maximum absolute atomic E-state index is 13.1. The number of piperidine rings is 1. The maximum atomic E-state index is 13.1. The van der Waals surface area contributed by atoms with Crippen LogP contribution in [-0.2, 0) is 27.7 Å². The molecule has 3 heterocycles. The molecule has 0 atom stereocenters. The van der Waals surface area contributed by atoms with Gasteiger partial charge in [-0.05, 0) is 74.9 Å². The van der Waals surface area contributed by atoms with Crippen LogP contribution in [0.4, 0.5) is 5.00 Å². The van der Waals surface area contributed by atoms with Crippen molar-refractivity contribution in [2.45, 2.75) is 57.9 Å². The Morgan fingerprint density at radius 3 is 2.44 bits per heavy atom. The molecule has 4 rings (SSSR count). The molecule has 36 heavy (non-hydrogen) atoms. The first kappa shape index (κ1) is 26.8. The minimum Gasteiger partial charge on any atom is -0.462 e. The van der Waals surface area contributed by atoms with Crippen LogP contribution in [0.15, 0.2) is 29.2 Å². The van der Waals surface area contributed by atoms with Gasteiger partial charge >= 0.3 is 5.97 Å². The van der Waals surface area contributed by atoms with Gasteiger partial charge in [0.15, 0.2) is 0 Å². The number of nitrogens with zero attached hydrogens (tertiary/aromatic N) is 2. The third-order valence-corrected chi connectivity index (χ3v) is 9.92. The van der Waals surface area contributed by atoms with Gasteiger partial charge in [-0.2, -0.15) is 4.31 Å². The van der Waals surface area contributed by atoms with Gasteiger partial charge in [0.05, 0.1) is 17.1 Å². The molecule has 0 unspecified atom stereocenters. The van der Waals surface area contributed by atoms with Crippen molar-refractivity contribution in [2.24, 2.45) is 5.92 Å². The zero-order valence-electron chi connectivity index (χ0n) is 21.2. The van der Waals surface area contributed by atoms with E-state index in [0.717, 1.165) is 55.8 Å². The van der Waals surface area contributed by atoms with E-state index in [1.54, 1.807) is 6.92 Å². The van der Waals surface area contributed by atoms with Gasteiger partial charge in [0.2, 0.25) is 10.0 Å². The first-order chi connectivity index (χ1) is 17.2. The highest BCUT2D eigenvalue weighted by Gasteiger charge is 2.30. The zero-order chi connectivity index (χ0) is 25.9. The molecule has 2 aliphatic rings. The fourth-order valence-corrected chi connectivity index (χ4v) is 7.54. The minimum atomic E-state index is -3.59. The van der Waals surface area contributed by atoms with Crippen molar-refractivity contribution in [1.29, 1.82) is 0 Å². The largest absolute Gasteiger partial charge is 0.462 e. The van der Waals surface area contributed by atoms with E-state index in [4.69, 9.17) is 4.74 Å². The fourth-order valence-electron chi connectivity index (χ4n) is 4.80. The molecule has 10 heteroatoms. The Hall–Kier alpha value is -2.27. The number of carbonyl (C=O) groups excluding carboxylic acids is 2. The van der Waals surface area contributed by atoms with Gasteiger partial charge in [-0.15, -0.1) is 11.3 Å². The van der Waals surface area contributed by atoms with E-state index in [2.05, 4.69) is 24.1 Å². The van der Waals surface area contributed by atoms with Crippen molar-refractivity contribution in [3.05, 3.63) is 45.8 Å². The van der Waals surface area contributed by atoms with Gasteiger partial charge in [0.25, 0.3) is 5.91 Å². The van der Waals surface area contributed by atoms with E-state index >= 15 is 0 Å². The summed E-state index contributed by atoms with van der Waals surface area (Å²) < 4.78 is 32.8. The van der Waals surface area contributed by atoms with Crippen LogP contribution in [0.5, 0.6) is 0 Å². The fraction of sp³-hybridized carbons (Fsp3) is 0.538. The van der Waals surface area contributed by atoms with E-state index in [-0.39, 0.29) is 17.4 Å². The van der Waals surface area contributed by atoms with Crippen LogP contribution < -0.4 is 5.32 Å². The highest BCUT2D eigenvalue weighted by molar-refractivity contribution is 7.89.